The third-order valence-corrected chi connectivity index (χ3v) is 6.60. The maximum Gasteiger partial charge on any atom is 0.247 e. The highest BCUT2D eigenvalue weighted by atomic mass is 19.1. The largest absolute Gasteiger partial charge is 0.395 e. The summed E-state index contributed by atoms with van der Waals surface area (Å²) in [6, 6.07) is 13.7. The third kappa shape index (κ3) is 5.64. The number of aliphatic hydroxyl groups is 1. The molecule has 0 radical (unpaired) electrons. The molecule has 1 aliphatic rings. The molecule has 39 heavy (non-hydrogen) atoms. The van der Waals surface area contributed by atoms with E-state index >= 15 is 4.39 Å². The zero-order valence-corrected chi connectivity index (χ0v) is 21.2. The van der Waals surface area contributed by atoms with Gasteiger partial charge in [-0.1, -0.05) is 12.6 Å². The molecule has 2 aromatic heterocycles. The van der Waals surface area contributed by atoms with Crippen molar-refractivity contribution in [2.75, 3.05) is 54.9 Å². The van der Waals surface area contributed by atoms with Gasteiger partial charge < -0.3 is 20.6 Å². The lowest BCUT2D eigenvalue weighted by Crippen LogP contribution is -2.47. The normalized spacial score (nSPS) is 13.8. The molecule has 1 saturated heterocycles. The number of aliphatic hydroxyl groups excluding tert-OH is 1. The molecule has 200 valence electrons. The number of fused-ring (bicyclic) bond motifs is 1. The molecule has 3 heterocycles. The van der Waals surface area contributed by atoms with Crippen LogP contribution in [0.2, 0.25) is 0 Å². The van der Waals surface area contributed by atoms with E-state index in [0.29, 0.717) is 6.54 Å². The number of carbonyl (C=O) groups is 1. The average Bonchev–Trinajstić information content (AvgIpc) is 2.96. The highest BCUT2D eigenvalue weighted by Gasteiger charge is 2.17. The number of hydrogen-bond acceptors (Lipinski definition) is 8. The molecule has 2 aromatic carbocycles. The van der Waals surface area contributed by atoms with E-state index in [1.165, 1.54) is 35.2 Å². The Morgan fingerprint density at radius 3 is 2.59 bits per heavy atom. The van der Waals surface area contributed by atoms with E-state index in [1.54, 1.807) is 6.07 Å². The number of halogens is 1. The van der Waals surface area contributed by atoms with E-state index < -0.39 is 11.7 Å². The second kappa shape index (κ2) is 11.4. The number of anilines is 4. The van der Waals surface area contributed by atoms with E-state index in [0.717, 1.165) is 43.6 Å². The fourth-order valence-electron chi connectivity index (χ4n) is 4.53. The molecule has 4 aromatic rings. The summed E-state index contributed by atoms with van der Waals surface area (Å²) in [4.78, 5) is 37.6. The molecule has 0 saturated carbocycles. The van der Waals surface area contributed by atoms with Gasteiger partial charge in [-0.3, -0.25) is 19.1 Å². The van der Waals surface area contributed by atoms with Crippen LogP contribution in [-0.2, 0) is 4.79 Å². The first-order valence-electron chi connectivity index (χ1n) is 12.5. The smallest absolute Gasteiger partial charge is 0.247 e. The number of amides is 1. The second-order valence-electron chi connectivity index (χ2n) is 9.04. The number of carbonyl (C=O) groups excluding carboxylic acids is 1. The van der Waals surface area contributed by atoms with Crippen LogP contribution < -0.4 is 21.0 Å². The summed E-state index contributed by atoms with van der Waals surface area (Å²) >= 11 is 0. The first-order chi connectivity index (χ1) is 19.0. The van der Waals surface area contributed by atoms with Crippen LogP contribution in [0.25, 0.3) is 16.7 Å². The molecule has 11 heteroatoms. The zero-order valence-electron chi connectivity index (χ0n) is 21.2. The van der Waals surface area contributed by atoms with Crippen LogP contribution in [0.4, 0.5) is 27.4 Å². The minimum absolute atomic E-state index is 0.0217. The lowest BCUT2D eigenvalue weighted by atomic mass is 10.2. The van der Waals surface area contributed by atoms with Crippen LogP contribution in [0.5, 0.6) is 0 Å². The van der Waals surface area contributed by atoms with Crippen molar-refractivity contribution in [3.63, 3.8) is 0 Å². The van der Waals surface area contributed by atoms with E-state index in [9.17, 15) is 9.59 Å². The Bertz CT molecular complexity index is 1560. The van der Waals surface area contributed by atoms with Crippen molar-refractivity contribution < 1.29 is 14.3 Å². The highest BCUT2D eigenvalue weighted by Crippen LogP contribution is 2.25. The van der Waals surface area contributed by atoms with Crippen LogP contribution >= 0.6 is 0 Å². The second-order valence-corrected chi connectivity index (χ2v) is 9.04. The maximum atomic E-state index is 15.4. The molecule has 0 atom stereocenters. The van der Waals surface area contributed by atoms with Gasteiger partial charge in [0.25, 0.3) is 0 Å². The predicted octanol–water partition coefficient (Wildman–Crippen LogP) is 2.90. The Morgan fingerprint density at radius 2 is 1.87 bits per heavy atom. The maximum absolute atomic E-state index is 15.4. The Labute approximate surface area is 224 Å². The van der Waals surface area contributed by atoms with Gasteiger partial charge in [0.05, 0.1) is 23.4 Å². The van der Waals surface area contributed by atoms with Gasteiger partial charge in [-0.25, -0.2) is 9.37 Å². The van der Waals surface area contributed by atoms with Crippen LogP contribution in [0, 0.1) is 5.82 Å². The first kappa shape index (κ1) is 26.0. The van der Waals surface area contributed by atoms with Gasteiger partial charge in [-0.05, 0) is 42.5 Å². The summed E-state index contributed by atoms with van der Waals surface area (Å²) in [6.07, 6.45) is 3.90. The Hall–Kier alpha value is -4.61. The number of nitrogens with one attached hydrogen (secondary N) is 2. The summed E-state index contributed by atoms with van der Waals surface area (Å²) in [5, 5.41) is 15.0. The van der Waals surface area contributed by atoms with Gasteiger partial charge in [0.1, 0.15) is 0 Å². The number of piperazine rings is 1. The van der Waals surface area contributed by atoms with Gasteiger partial charge in [0, 0.05) is 62.6 Å². The number of pyridine rings is 1. The van der Waals surface area contributed by atoms with Crippen LogP contribution in [-0.4, -0.2) is 69.8 Å². The Balaban J connectivity index is 1.40. The van der Waals surface area contributed by atoms with Crippen LogP contribution in [0.1, 0.15) is 0 Å². The molecule has 1 amide bonds. The average molecular weight is 530 g/mol. The fourth-order valence-corrected chi connectivity index (χ4v) is 4.53. The number of β-amino-alcohol motifs (C(OH)–C–C–N with tert-alkyl or cyclic N) is 1. The van der Waals surface area contributed by atoms with E-state index in [1.807, 2.05) is 24.3 Å². The summed E-state index contributed by atoms with van der Waals surface area (Å²) < 4.78 is 16.8. The van der Waals surface area contributed by atoms with Gasteiger partial charge in [-0.2, -0.15) is 4.98 Å². The number of aromatic nitrogens is 3. The van der Waals surface area contributed by atoms with Crippen molar-refractivity contribution in [2.45, 2.75) is 0 Å². The number of benzene rings is 2. The summed E-state index contributed by atoms with van der Waals surface area (Å²) in [7, 11) is 0. The molecule has 0 spiro atoms. The first-order valence-corrected chi connectivity index (χ1v) is 12.5. The van der Waals surface area contributed by atoms with Gasteiger partial charge in [0.15, 0.2) is 16.9 Å². The van der Waals surface area contributed by atoms with Crippen molar-refractivity contribution in [1.82, 2.24) is 19.4 Å². The third-order valence-electron chi connectivity index (χ3n) is 6.60. The lowest BCUT2D eigenvalue weighted by molar-refractivity contribution is -0.111. The van der Waals surface area contributed by atoms with Gasteiger partial charge in [0.2, 0.25) is 11.9 Å². The van der Waals surface area contributed by atoms with Gasteiger partial charge >= 0.3 is 0 Å². The molecule has 1 fully saturated rings. The molecule has 10 nitrogen and oxygen atoms in total. The minimum Gasteiger partial charge on any atom is -0.395 e. The van der Waals surface area contributed by atoms with E-state index in [-0.39, 0.29) is 40.4 Å². The standard InChI is InChI=1S/C28H28FN7O3/c1-2-25(39)32-22-4-3-5-23(26(22)29)36-11-10-24(38)21-18-30-28(33-27(21)36)31-19-6-8-20(9-7-19)35-14-12-34(13-15-35)16-17-37/h2-11,18,37H,1,12-17H2,(H,32,39)(H,30,31,33). The predicted molar refractivity (Wildman–Crippen MR) is 149 cm³/mol. The van der Waals surface area contributed by atoms with Gasteiger partial charge in [-0.15, -0.1) is 0 Å². The number of hydrogen-bond donors (Lipinski definition) is 3. The molecular formula is C28H28FN7O3. The molecule has 3 N–H and O–H groups in total. The van der Waals surface area contributed by atoms with Crippen LogP contribution in [0.3, 0.4) is 0 Å². The quantitative estimate of drug-likeness (QED) is 0.299. The van der Waals surface area contributed by atoms with Crippen molar-refractivity contribution in [3.8, 4) is 5.69 Å². The van der Waals surface area contributed by atoms with E-state index in [2.05, 4.69) is 37.0 Å². The minimum atomic E-state index is -0.682. The fraction of sp³-hybridized carbons (Fsp3) is 0.214. The molecule has 0 bridgehead atoms. The molecule has 1 aliphatic heterocycles. The molecule has 0 unspecified atom stereocenters. The topological polar surface area (TPSA) is 116 Å². The molecule has 5 rings (SSSR count). The lowest BCUT2D eigenvalue weighted by Gasteiger charge is -2.35. The Kier molecular flexibility index (Phi) is 7.62. The number of nitrogens with zero attached hydrogens (tertiary/aromatic N) is 5. The summed E-state index contributed by atoms with van der Waals surface area (Å²) in [5.74, 6) is -0.984. The Morgan fingerprint density at radius 1 is 1.10 bits per heavy atom. The number of rotatable bonds is 8. The zero-order chi connectivity index (χ0) is 27.4. The summed E-state index contributed by atoms with van der Waals surface area (Å²) in [5.41, 5.74) is 1.84. The molecular weight excluding hydrogens is 501 g/mol. The highest BCUT2D eigenvalue weighted by molar-refractivity contribution is 5.99. The molecule has 0 aliphatic carbocycles. The van der Waals surface area contributed by atoms with E-state index in [4.69, 9.17) is 5.11 Å². The van der Waals surface area contributed by atoms with Crippen molar-refractivity contribution in [2.24, 2.45) is 0 Å². The SMILES string of the molecule is C=CC(=O)Nc1cccc(-n2ccc(=O)c3cnc(Nc4ccc(N5CCN(CCO)CC5)cc4)nc32)c1F. The summed E-state index contributed by atoms with van der Waals surface area (Å²) in [6.45, 7) is 7.82. The van der Waals surface area contributed by atoms with Crippen LogP contribution in [0.15, 0.2) is 78.4 Å². The monoisotopic (exact) mass is 529 g/mol. The van der Waals surface area contributed by atoms with Crippen molar-refractivity contribution in [3.05, 3.63) is 89.6 Å². The van der Waals surface area contributed by atoms with Crippen molar-refractivity contribution >= 4 is 40.0 Å². The van der Waals surface area contributed by atoms with Crippen molar-refractivity contribution in [1.29, 1.82) is 0 Å².